The van der Waals surface area contributed by atoms with Gasteiger partial charge in [-0.15, -0.1) is 10.2 Å². The molecule has 2 N–H and O–H groups in total. The molecular weight excluding hydrogens is 292 g/mol. The number of hydrogen-bond acceptors (Lipinski definition) is 6. The quantitative estimate of drug-likeness (QED) is 0.576. The first kappa shape index (κ1) is 13.3. The van der Waals surface area contributed by atoms with Gasteiger partial charge in [-0.3, -0.25) is 9.59 Å². The van der Waals surface area contributed by atoms with Crippen LogP contribution in [0, 0.1) is 0 Å². The van der Waals surface area contributed by atoms with Gasteiger partial charge in [0.2, 0.25) is 0 Å². The molecule has 6 nitrogen and oxygen atoms in total. The summed E-state index contributed by atoms with van der Waals surface area (Å²) in [6.07, 6.45) is 1.44. The number of nitrogens with zero attached hydrogens (tertiary/aromatic N) is 3. The van der Waals surface area contributed by atoms with E-state index in [9.17, 15) is 9.59 Å². The van der Waals surface area contributed by atoms with Gasteiger partial charge in [0.1, 0.15) is 0 Å². The fourth-order valence-electron chi connectivity index (χ4n) is 2.85. The van der Waals surface area contributed by atoms with Crippen LogP contribution in [0.15, 0.2) is 48.7 Å². The van der Waals surface area contributed by atoms with Crippen LogP contribution < -0.4 is 5.73 Å². The highest BCUT2D eigenvalue weighted by molar-refractivity contribution is 6.30. The molecule has 0 amide bonds. The lowest BCUT2D eigenvalue weighted by Crippen LogP contribution is -2.21. The Kier molecular flexibility index (Phi) is 2.77. The lowest BCUT2D eigenvalue weighted by Gasteiger charge is -2.20. The van der Waals surface area contributed by atoms with Crippen molar-refractivity contribution in [3.05, 3.63) is 70.9 Å². The fourth-order valence-corrected chi connectivity index (χ4v) is 2.85. The molecule has 3 aromatic rings. The van der Waals surface area contributed by atoms with E-state index in [4.69, 9.17) is 5.73 Å². The predicted octanol–water partition coefficient (Wildman–Crippen LogP) is 1.90. The second-order valence-corrected chi connectivity index (χ2v) is 5.16. The molecule has 23 heavy (non-hydrogen) atoms. The normalized spacial score (nSPS) is 12.7. The topological polar surface area (TPSA) is 98.8 Å². The lowest BCUT2D eigenvalue weighted by atomic mass is 9.81. The average Bonchev–Trinajstić information content (AvgIpc) is 2.59. The number of anilines is 1. The average molecular weight is 302 g/mol. The molecule has 2 aromatic carbocycles. The van der Waals surface area contributed by atoms with Crippen molar-refractivity contribution < 1.29 is 9.59 Å². The zero-order valence-corrected chi connectivity index (χ0v) is 11.9. The van der Waals surface area contributed by atoms with E-state index in [0.717, 1.165) is 0 Å². The highest BCUT2D eigenvalue weighted by Crippen LogP contribution is 2.35. The molecule has 4 rings (SSSR count). The van der Waals surface area contributed by atoms with Crippen LogP contribution in [0.5, 0.6) is 0 Å². The number of benzene rings is 2. The first-order valence-electron chi connectivity index (χ1n) is 6.94. The van der Waals surface area contributed by atoms with Crippen LogP contribution in [0.1, 0.15) is 31.8 Å². The Labute approximate surface area is 131 Å². The summed E-state index contributed by atoms with van der Waals surface area (Å²) in [5, 5.41) is 10.9. The zero-order valence-electron chi connectivity index (χ0n) is 11.9. The fraction of sp³-hybridized carbons (Fsp3) is 0. The van der Waals surface area contributed by atoms with Crippen molar-refractivity contribution in [2.24, 2.45) is 0 Å². The van der Waals surface area contributed by atoms with Crippen LogP contribution in [0.2, 0.25) is 0 Å². The molecule has 0 radical (unpaired) electrons. The maximum atomic E-state index is 12.9. The van der Waals surface area contributed by atoms with Gasteiger partial charge in [-0.05, 0) is 10.8 Å². The van der Waals surface area contributed by atoms with Gasteiger partial charge in [0.25, 0.3) is 0 Å². The molecular formula is C17H10N4O2. The lowest BCUT2D eigenvalue weighted by molar-refractivity contribution is 0.0979. The monoisotopic (exact) mass is 302 g/mol. The molecule has 0 atom stereocenters. The van der Waals surface area contributed by atoms with Crippen molar-refractivity contribution in [1.82, 2.24) is 15.4 Å². The molecule has 0 aliphatic heterocycles. The molecule has 1 heterocycles. The van der Waals surface area contributed by atoms with Crippen LogP contribution in [-0.4, -0.2) is 27.0 Å². The Balaban J connectivity index is 2.03. The van der Waals surface area contributed by atoms with E-state index in [1.165, 1.54) is 6.20 Å². The number of ketones is 2. The number of carbonyl (C=O) groups is 2. The minimum atomic E-state index is -0.206. The summed E-state index contributed by atoms with van der Waals surface area (Å²) in [5.74, 6) is -0.222. The smallest absolute Gasteiger partial charge is 0.195 e. The van der Waals surface area contributed by atoms with Gasteiger partial charge < -0.3 is 5.73 Å². The number of hydrogen-bond donors (Lipinski definition) is 1. The van der Waals surface area contributed by atoms with E-state index in [1.54, 1.807) is 42.5 Å². The van der Waals surface area contributed by atoms with Crippen molar-refractivity contribution >= 4 is 17.4 Å². The van der Waals surface area contributed by atoms with Crippen molar-refractivity contribution in [2.45, 2.75) is 0 Å². The largest absolute Gasteiger partial charge is 0.382 e. The van der Waals surface area contributed by atoms with Crippen LogP contribution >= 0.6 is 0 Å². The number of nitrogens with two attached hydrogens (primary N) is 1. The Morgan fingerprint density at radius 2 is 1.39 bits per heavy atom. The standard InChI is InChI=1S/C17H10N4O2/c18-17-13(8-19-21-20-17)9-6-3-7-12-14(9)16(23)11-5-2-1-4-10(11)15(12)22/h1-8H,(H2,18,19,20). The van der Waals surface area contributed by atoms with Crippen molar-refractivity contribution in [1.29, 1.82) is 0 Å². The van der Waals surface area contributed by atoms with Gasteiger partial charge in [0.05, 0.1) is 6.20 Å². The van der Waals surface area contributed by atoms with Gasteiger partial charge in [-0.1, -0.05) is 42.5 Å². The van der Waals surface area contributed by atoms with Gasteiger partial charge >= 0.3 is 0 Å². The van der Waals surface area contributed by atoms with E-state index >= 15 is 0 Å². The second-order valence-electron chi connectivity index (χ2n) is 5.16. The predicted molar refractivity (Wildman–Crippen MR) is 83.0 cm³/mol. The first-order chi connectivity index (χ1) is 11.2. The molecule has 1 aliphatic carbocycles. The molecule has 0 saturated carbocycles. The summed E-state index contributed by atoms with van der Waals surface area (Å²) < 4.78 is 0. The molecule has 110 valence electrons. The number of rotatable bonds is 1. The van der Waals surface area contributed by atoms with Crippen LogP contribution in [0.3, 0.4) is 0 Å². The summed E-state index contributed by atoms with van der Waals surface area (Å²) in [5.41, 5.74) is 8.38. The Morgan fingerprint density at radius 3 is 2.13 bits per heavy atom. The molecule has 6 heteroatoms. The van der Waals surface area contributed by atoms with E-state index in [0.29, 0.717) is 33.4 Å². The van der Waals surface area contributed by atoms with Crippen molar-refractivity contribution in [2.75, 3.05) is 5.73 Å². The Bertz CT molecular complexity index is 982. The highest BCUT2D eigenvalue weighted by Gasteiger charge is 2.31. The molecule has 1 aliphatic rings. The zero-order chi connectivity index (χ0) is 16.0. The third-order valence-corrected chi connectivity index (χ3v) is 3.91. The maximum Gasteiger partial charge on any atom is 0.195 e. The third-order valence-electron chi connectivity index (χ3n) is 3.91. The number of fused-ring (bicyclic) bond motifs is 2. The number of aromatic nitrogens is 3. The minimum absolute atomic E-state index is 0.160. The molecule has 0 spiro atoms. The Morgan fingerprint density at radius 1 is 0.739 bits per heavy atom. The van der Waals surface area contributed by atoms with Crippen molar-refractivity contribution in [3.8, 4) is 11.1 Å². The molecule has 0 fully saturated rings. The second kappa shape index (κ2) is 4.81. The van der Waals surface area contributed by atoms with E-state index in [1.807, 2.05) is 0 Å². The first-order valence-corrected chi connectivity index (χ1v) is 6.94. The SMILES string of the molecule is Nc1nnncc1-c1cccc2c1C(=O)c1ccccc1C2=O. The summed E-state index contributed by atoms with van der Waals surface area (Å²) >= 11 is 0. The maximum absolute atomic E-state index is 12.9. The molecule has 1 aromatic heterocycles. The summed E-state index contributed by atoms with van der Waals surface area (Å²) in [7, 11) is 0. The van der Waals surface area contributed by atoms with E-state index in [-0.39, 0.29) is 17.4 Å². The molecule has 0 unspecified atom stereocenters. The minimum Gasteiger partial charge on any atom is -0.382 e. The molecule has 0 saturated heterocycles. The van der Waals surface area contributed by atoms with Crippen LogP contribution in [-0.2, 0) is 0 Å². The van der Waals surface area contributed by atoms with E-state index < -0.39 is 0 Å². The number of nitrogen functional groups attached to an aromatic ring is 1. The Hall–Kier alpha value is -3.41. The van der Waals surface area contributed by atoms with Crippen LogP contribution in [0.4, 0.5) is 5.82 Å². The highest BCUT2D eigenvalue weighted by atomic mass is 16.1. The van der Waals surface area contributed by atoms with E-state index in [2.05, 4.69) is 15.4 Å². The summed E-state index contributed by atoms with van der Waals surface area (Å²) in [6.45, 7) is 0. The number of carbonyl (C=O) groups excluding carboxylic acids is 2. The van der Waals surface area contributed by atoms with Gasteiger partial charge in [0.15, 0.2) is 17.4 Å². The van der Waals surface area contributed by atoms with Gasteiger partial charge in [0, 0.05) is 27.8 Å². The van der Waals surface area contributed by atoms with Crippen LogP contribution in [0.25, 0.3) is 11.1 Å². The van der Waals surface area contributed by atoms with Gasteiger partial charge in [-0.25, -0.2) is 0 Å². The van der Waals surface area contributed by atoms with Crippen molar-refractivity contribution in [3.63, 3.8) is 0 Å². The third kappa shape index (κ3) is 1.85. The molecule has 0 bridgehead atoms. The summed E-state index contributed by atoms with van der Waals surface area (Å²) in [6, 6.07) is 11.9. The summed E-state index contributed by atoms with van der Waals surface area (Å²) in [4.78, 5) is 25.6. The van der Waals surface area contributed by atoms with Gasteiger partial charge in [-0.2, -0.15) is 0 Å².